The number of alkyl halides is 3. The maximum absolute atomic E-state index is 12.4. The zero-order valence-electron chi connectivity index (χ0n) is 11.9. The summed E-state index contributed by atoms with van der Waals surface area (Å²) in [5.41, 5.74) is -0.495. The third kappa shape index (κ3) is 4.17. The van der Waals surface area contributed by atoms with E-state index in [0.29, 0.717) is 18.9 Å². The molecule has 0 spiro atoms. The number of aliphatic hydroxyl groups excluding tert-OH is 1. The van der Waals surface area contributed by atoms with Crippen molar-refractivity contribution >= 4 is 17.2 Å². The largest absolute Gasteiger partial charge is 0.420 e. The first kappa shape index (κ1) is 16.7. The van der Waals surface area contributed by atoms with Crippen LogP contribution in [0.25, 0.3) is 0 Å². The highest BCUT2D eigenvalue weighted by atomic mass is 32.1. The molecule has 0 aliphatic heterocycles. The van der Waals surface area contributed by atoms with Gasteiger partial charge in [-0.3, -0.25) is 4.98 Å². The van der Waals surface area contributed by atoms with Crippen LogP contribution in [0.1, 0.15) is 23.6 Å². The number of rotatable bonds is 6. The summed E-state index contributed by atoms with van der Waals surface area (Å²) in [4.78, 5) is 10.8. The SMILES string of the molecule is CCN(CCc1cccs1)c1cnc(C(O)C(F)(F)F)cn1. The number of nitrogens with zero attached hydrogens (tertiary/aromatic N) is 3. The summed E-state index contributed by atoms with van der Waals surface area (Å²) < 4.78 is 37.2. The second kappa shape index (κ2) is 7.06. The predicted octanol–water partition coefficient (Wildman–Crippen LogP) is 3.20. The highest BCUT2D eigenvalue weighted by molar-refractivity contribution is 7.09. The zero-order valence-corrected chi connectivity index (χ0v) is 12.7. The Morgan fingerprint density at radius 3 is 2.59 bits per heavy atom. The summed E-state index contributed by atoms with van der Waals surface area (Å²) in [5, 5.41) is 11.1. The number of anilines is 1. The first-order valence-electron chi connectivity index (χ1n) is 6.76. The molecule has 0 saturated heterocycles. The van der Waals surface area contributed by atoms with Crippen molar-refractivity contribution in [2.24, 2.45) is 0 Å². The van der Waals surface area contributed by atoms with Crippen LogP contribution in [-0.4, -0.2) is 34.3 Å². The molecule has 0 bridgehead atoms. The molecule has 2 aromatic heterocycles. The van der Waals surface area contributed by atoms with Crippen molar-refractivity contribution < 1.29 is 18.3 Å². The Morgan fingerprint density at radius 1 is 1.32 bits per heavy atom. The summed E-state index contributed by atoms with van der Waals surface area (Å²) in [7, 11) is 0. The molecule has 2 aromatic rings. The van der Waals surface area contributed by atoms with Crippen LogP contribution in [0.5, 0.6) is 0 Å². The average Bonchev–Trinajstić information content (AvgIpc) is 3.00. The standard InChI is InChI=1S/C14H16F3N3OS/c1-2-20(6-5-10-4-3-7-22-10)12-9-18-11(8-19-12)13(21)14(15,16)17/h3-4,7-9,13,21H,2,5-6H2,1H3. The Morgan fingerprint density at radius 2 is 2.09 bits per heavy atom. The third-order valence-electron chi connectivity index (χ3n) is 3.16. The first-order chi connectivity index (χ1) is 10.4. The topological polar surface area (TPSA) is 49.2 Å². The molecule has 0 fully saturated rings. The van der Waals surface area contributed by atoms with E-state index in [1.807, 2.05) is 29.3 Å². The molecule has 2 rings (SSSR count). The smallest absolute Gasteiger partial charge is 0.378 e. The second-order valence-corrected chi connectivity index (χ2v) is 5.68. The van der Waals surface area contributed by atoms with Crippen molar-refractivity contribution in [1.82, 2.24) is 9.97 Å². The van der Waals surface area contributed by atoms with Crippen LogP contribution in [-0.2, 0) is 6.42 Å². The molecule has 0 radical (unpaired) electrons. The summed E-state index contributed by atoms with van der Waals surface area (Å²) >= 11 is 1.66. The molecule has 1 unspecified atom stereocenters. The predicted molar refractivity (Wildman–Crippen MR) is 79.0 cm³/mol. The van der Waals surface area contributed by atoms with Gasteiger partial charge in [0.25, 0.3) is 0 Å². The molecular formula is C14H16F3N3OS. The summed E-state index contributed by atoms with van der Waals surface area (Å²) in [6, 6.07) is 4.01. The minimum Gasteiger partial charge on any atom is -0.378 e. The van der Waals surface area contributed by atoms with Gasteiger partial charge in [-0.15, -0.1) is 11.3 Å². The maximum Gasteiger partial charge on any atom is 0.420 e. The van der Waals surface area contributed by atoms with Crippen LogP contribution in [0.4, 0.5) is 19.0 Å². The lowest BCUT2D eigenvalue weighted by Gasteiger charge is -2.22. The van der Waals surface area contributed by atoms with Crippen molar-refractivity contribution in [3.8, 4) is 0 Å². The van der Waals surface area contributed by atoms with Gasteiger partial charge in [0, 0.05) is 18.0 Å². The van der Waals surface area contributed by atoms with Gasteiger partial charge < -0.3 is 10.0 Å². The number of halogens is 3. The fraction of sp³-hybridized carbons (Fsp3) is 0.429. The number of thiophene rings is 1. The summed E-state index contributed by atoms with van der Waals surface area (Å²) in [5.74, 6) is 0.497. The quantitative estimate of drug-likeness (QED) is 0.883. The molecule has 120 valence electrons. The van der Waals surface area contributed by atoms with Gasteiger partial charge in [0.15, 0.2) is 6.10 Å². The van der Waals surface area contributed by atoms with Crippen molar-refractivity contribution in [2.45, 2.75) is 25.6 Å². The van der Waals surface area contributed by atoms with Crippen molar-refractivity contribution in [2.75, 3.05) is 18.0 Å². The summed E-state index contributed by atoms with van der Waals surface area (Å²) in [6.45, 7) is 3.31. The van der Waals surface area contributed by atoms with E-state index >= 15 is 0 Å². The number of aromatic nitrogens is 2. The first-order valence-corrected chi connectivity index (χ1v) is 7.64. The van der Waals surface area contributed by atoms with E-state index in [-0.39, 0.29) is 0 Å². The molecule has 0 aliphatic rings. The number of likely N-dealkylation sites (N-methyl/N-ethyl adjacent to an activating group) is 1. The average molecular weight is 331 g/mol. The highest BCUT2D eigenvalue weighted by Crippen LogP contribution is 2.31. The van der Waals surface area contributed by atoms with Gasteiger partial charge in [0.1, 0.15) is 5.82 Å². The molecule has 0 saturated carbocycles. The van der Waals surface area contributed by atoms with E-state index in [2.05, 4.69) is 9.97 Å². The van der Waals surface area contributed by atoms with Gasteiger partial charge in [-0.2, -0.15) is 13.2 Å². The molecule has 1 atom stereocenters. The van der Waals surface area contributed by atoms with Gasteiger partial charge in [-0.25, -0.2) is 4.98 Å². The van der Waals surface area contributed by atoms with Gasteiger partial charge >= 0.3 is 6.18 Å². The Balaban J connectivity index is 2.04. The molecule has 0 amide bonds. The number of hydrogen-bond donors (Lipinski definition) is 1. The molecule has 8 heteroatoms. The van der Waals surface area contributed by atoms with E-state index < -0.39 is 18.0 Å². The van der Waals surface area contributed by atoms with Crippen LogP contribution >= 0.6 is 11.3 Å². The van der Waals surface area contributed by atoms with Crippen molar-refractivity contribution in [3.05, 3.63) is 40.5 Å². The third-order valence-corrected chi connectivity index (χ3v) is 4.10. The minimum atomic E-state index is -4.74. The molecule has 0 aromatic carbocycles. The molecule has 0 aliphatic carbocycles. The van der Waals surface area contributed by atoms with Crippen LogP contribution in [0.3, 0.4) is 0 Å². The van der Waals surface area contributed by atoms with E-state index in [1.165, 1.54) is 11.1 Å². The van der Waals surface area contributed by atoms with Gasteiger partial charge in [-0.05, 0) is 24.8 Å². The molecule has 2 heterocycles. The van der Waals surface area contributed by atoms with Crippen LogP contribution in [0.2, 0.25) is 0 Å². The van der Waals surface area contributed by atoms with Gasteiger partial charge in [0.2, 0.25) is 0 Å². The molecule has 4 nitrogen and oxygen atoms in total. The Kier molecular flexibility index (Phi) is 5.36. The van der Waals surface area contributed by atoms with Gasteiger partial charge in [0.05, 0.1) is 18.1 Å². The van der Waals surface area contributed by atoms with Crippen molar-refractivity contribution in [1.29, 1.82) is 0 Å². The second-order valence-electron chi connectivity index (χ2n) is 4.65. The van der Waals surface area contributed by atoms with Crippen LogP contribution in [0, 0.1) is 0 Å². The maximum atomic E-state index is 12.4. The number of hydrogen-bond acceptors (Lipinski definition) is 5. The lowest BCUT2D eigenvalue weighted by Crippen LogP contribution is -2.27. The molecule has 1 N–H and O–H groups in total. The van der Waals surface area contributed by atoms with E-state index in [0.717, 1.165) is 12.6 Å². The minimum absolute atomic E-state index is 0.495. The fourth-order valence-corrected chi connectivity index (χ4v) is 2.64. The molecule has 22 heavy (non-hydrogen) atoms. The van der Waals surface area contributed by atoms with Crippen molar-refractivity contribution in [3.63, 3.8) is 0 Å². The monoisotopic (exact) mass is 331 g/mol. The Bertz CT molecular complexity index is 572. The van der Waals surface area contributed by atoms with Crippen LogP contribution in [0.15, 0.2) is 29.9 Å². The fourth-order valence-electron chi connectivity index (χ4n) is 1.94. The Hall–Kier alpha value is -1.67. The lowest BCUT2D eigenvalue weighted by atomic mass is 10.2. The Labute approximate surface area is 130 Å². The van der Waals surface area contributed by atoms with Gasteiger partial charge in [-0.1, -0.05) is 6.07 Å². The number of aliphatic hydroxyl groups is 1. The zero-order chi connectivity index (χ0) is 16.2. The van der Waals surface area contributed by atoms with E-state index in [1.54, 1.807) is 11.3 Å². The van der Waals surface area contributed by atoms with Crippen LogP contribution < -0.4 is 4.90 Å². The lowest BCUT2D eigenvalue weighted by molar-refractivity contribution is -0.208. The van der Waals surface area contributed by atoms with E-state index in [4.69, 9.17) is 5.11 Å². The van der Waals surface area contributed by atoms with E-state index in [9.17, 15) is 13.2 Å². The normalized spacial score (nSPS) is 13.1. The summed E-state index contributed by atoms with van der Waals surface area (Å²) in [6.07, 6.45) is -4.26. The highest BCUT2D eigenvalue weighted by Gasteiger charge is 2.40. The molecular weight excluding hydrogens is 315 g/mol.